The molecule has 0 radical (unpaired) electrons. The lowest BCUT2D eigenvalue weighted by Crippen LogP contribution is -2.11. The molecule has 1 unspecified atom stereocenters. The normalized spacial score (nSPS) is 12.9. The van der Waals surface area contributed by atoms with Crippen LogP contribution in [0, 0.1) is 0 Å². The van der Waals surface area contributed by atoms with Gasteiger partial charge in [-0.15, -0.1) is 0 Å². The maximum Gasteiger partial charge on any atom is 0.416 e. The fourth-order valence-corrected chi connectivity index (χ4v) is 3.90. The zero-order valence-corrected chi connectivity index (χ0v) is 15.5. The van der Waals surface area contributed by atoms with Crippen LogP contribution in [-0.4, -0.2) is 14.7 Å². The van der Waals surface area contributed by atoms with Crippen molar-refractivity contribution in [1.29, 1.82) is 0 Å². The van der Waals surface area contributed by atoms with Crippen LogP contribution in [0.5, 0.6) is 0 Å². The number of alkyl halides is 3. The second-order valence-corrected chi connectivity index (χ2v) is 7.08. The zero-order chi connectivity index (χ0) is 19.4. The molecule has 0 saturated carbocycles. The number of aliphatic hydroxyl groups is 1. The van der Waals surface area contributed by atoms with Gasteiger partial charge in [-0.25, -0.2) is 4.98 Å². The number of aromatic nitrogens is 2. The summed E-state index contributed by atoms with van der Waals surface area (Å²) in [5, 5.41) is 10.3. The molecule has 7 heteroatoms. The van der Waals surface area contributed by atoms with Gasteiger partial charge in [0, 0.05) is 5.75 Å². The molecule has 0 aliphatic rings. The summed E-state index contributed by atoms with van der Waals surface area (Å²) in [5.74, 6) is 0.354. The maximum absolute atomic E-state index is 12.9. The predicted molar refractivity (Wildman–Crippen MR) is 99.4 cm³/mol. The third-order valence-corrected chi connectivity index (χ3v) is 5.33. The van der Waals surface area contributed by atoms with E-state index in [1.165, 1.54) is 17.8 Å². The minimum Gasteiger partial charge on any atom is -0.390 e. The van der Waals surface area contributed by atoms with Crippen molar-refractivity contribution >= 4 is 11.8 Å². The molecule has 27 heavy (non-hydrogen) atoms. The van der Waals surface area contributed by atoms with Gasteiger partial charge in [0.15, 0.2) is 5.16 Å². The van der Waals surface area contributed by atoms with Crippen LogP contribution in [0.4, 0.5) is 13.2 Å². The van der Waals surface area contributed by atoms with Gasteiger partial charge in [-0.05, 0) is 24.1 Å². The van der Waals surface area contributed by atoms with E-state index >= 15 is 0 Å². The van der Waals surface area contributed by atoms with Crippen LogP contribution in [0.2, 0.25) is 0 Å². The van der Waals surface area contributed by atoms with E-state index in [0.717, 1.165) is 17.7 Å². The molecule has 1 N–H and O–H groups in total. The Bertz CT molecular complexity index is 894. The lowest BCUT2D eigenvalue weighted by molar-refractivity contribution is -0.137. The lowest BCUT2D eigenvalue weighted by Gasteiger charge is -2.19. The first-order valence-electron chi connectivity index (χ1n) is 8.41. The molecule has 0 saturated heterocycles. The number of halogens is 3. The van der Waals surface area contributed by atoms with E-state index in [0.29, 0.717) is 22.2 Å². The highest BCUT2D eigenvalue weighted by Crippen LogP contribution is 2.32. The molecule has 2 aromatic carbocycles. The van der Waals surface area contributed by atoms with Crippen molar-refractivity contribution in [3.05, 3.63) is 83.2 Å². The number of rotatable bonds is 6. The zero-order valence-electron chi connectivity index (χ0n) is 14.6. The smallest absolute Gasteiger partial charge is 0.390 e. The van der Waals surface area contributed by atoms with Crippen LogP contribution < -0.4 is 0 Å². The van der Waals surface area contributed by atoms with E-state index in [9.17, 15) is 18.3 Å². The quantitative estimate of drug-likeness (QED) is 0.579. The van der Waals surface area contributed by atoms with Gasteiger partial charge in [-0.1, -0.05) is 60.3 Å². The highest BCUT2D eigenvalue weighted by Gasteiger charge is 2.30. The molecule has 3 aromatic rings. The molecule has 0 fully saturated rings. The van der Waals surface area contributed by atoms with E-state index in [1.54, 1.807) is 12.3 Å². The first-order valence-corrected chi connectivity index (χ1v) is 9.39. The monoisotopic (exact) mass is 392 g/mol. The lowest BCUT2D eigenvalue weighted by atomic mass is 10.1. The Morgan fingerprint density at radius 2 is 1.85 bits per heavy atom. The van der Waals surface area contributed by atoms with Crippen molar-refractivity contribution in [2.75, 3.05) is 0 Å². The van der Waals surface area contributed by atoms with Crippen LogP contribution >= 0.6 is 11.8 Å². The van der Waals surface area contributed by atoms with Gasteiger partial charge in [0.1, 0.15) is 0 Å². The third kappa shape index (κ3) is 4.54. The average molecular weight is 392 g/mol. The van der Waals surface area contributed by atoms with Crippen LogP contribution in [0.1, 0.15) is 35.3 Å². The number of nitrogens with zero attached hydrogens (tertiary/aromatic N) is 2. The summed E-state index contributed by atoms with van der Waals surface area (Å²) >= 11 is 1.35. The largest absolute Gasteiger partial charge is 0.416 e. The second kappa shape index (κ2) is 8.19. The summed E-state index contributed by atoms with van der Waals surface area (Å²) in [6.07, 6.45) is -2.75. The fourth-order valence-electron chi connectivity index (χ4n) is 2.88. The van der Waals surface area contributed by atoms with Crippen molar-refractivity contribution in [2.24, 2.45) is 0 Å². The number of imidazole rings is 1. The highest BCUT2D eigenvalue weighted by atomic mass is 32.2. The van der Waals surface area contributed by atoms with Gasteiger partial charge in [0.25, 0.3) is 0 Å². The Morgan fingerprint density at radius 3 is 2.52 bits per heavy atom. The summed E-state index contributed by atoms with van der Waals surface area (Å²) in [5.41, 5.74) is 1.64. The van der Waals surface area contributed by atoms with E-state index in [1.807, 2.05) is 41.8 Å². The molecule has 0 aliphatic carbocycles. The van der Waals surface area contributed by atoms with E-state index in [2.05, 4.69) is 4.98 Å². The summed E-state index contributed by atoms with van der Waals surface area (Å²) < 4.78 is 40.6. The van der Waals surface area contributed by atoms with Crippen molar-refractivity contribution in [1.82, 2.24) is 9.55 Å². The molecule has 3 nitrogen and oxygen atoms in total. The van der Waals surface area contributed by atoms with Crippen LogP contribution in [-0.2, 0) is 18.5 Å². The van der Waals surface area contributed by atoms with Gasteiger partial charge in [0.2, 0.25) is 0 Å². The molecule has 3 rings (SSSR count). The standard InChI is InChI=1S/C20H19F3N2OS/c1-14(16-7-3-2-4-8-16)25-18(12-26)11-24-19(25)27-13-15-6-5-9-17(10-15)20(21,22)23/h2-11,14,26H,12-13H2,1H3. The van der Waals surface area contributed by atoms with Gasteiger partial charge in [-0.3, -0.25) is 0 Å². The molecule has 0 amide bonds. The van der Waals surface area contributed by atoms with E-state index in [4.69, 9.17) is 0 Å². The number of hydrogen-bond donors (Lipinski definition) is 1. The summed E-state index contributed by atoms with van der Waals surface area (Å²) in [7, 11) is 0. The molecule has 0 aliphatic heterocycles. The molecular weight excluding hydrogens is 373 g/mol. The van der Waals surface area contributed by atoms with Crippen LogP contribution in [0.15, 0.2) is 66.0 Å². The molecule has 0 bridgehead atoms. The third-order valence-electron chi connectivity index (χ3n) is 4.29. The molecular formula is C20H19F3N2OS. The first kappa shape index (κ1) is 19.5. The van der Waals surface area contributed by atoms with Crippen molar-refractivity contribution in [3.63, 3.8) is 0 Å². The molecule has 1 aromatic heterocycles. The number of aliphatic hydroxyl groups excluding tert-OH is 1. The maximum atomic E-state index is 12.9. The molecule has 142 valence electrons. The van der Waals surface area contributed by atoms with Crippen molar-refractivity contribution < 1.29 is 18.3 Å². The number of hydrogen-bond acceptors (Lipinski definition) is 3. The Kier molecular flexibility index (Phi) is 5.92. The van der Waals surface area contributed by atoms with Crippen LogP contribution in [0.25, 0.3) is 0 Å². The van der Waals surface area contributed by atoms with Crippen LogP contribution in [0.3, 0.4) is 0 Å². The van der Waals surface area contributed by atoms with Gasteiger partial charge in [-0.2, -0.15) is 13.2 Å². The minimum atomic E-state index is -4.36. The Labute approximate surface area is 159 Å². The first-order chi connectivity index (χ1) is 12.9. The molecule has 0 spiro atoms. The molecule has 1 atom stereocenters. The van der Waals surface area contributed by atoms with Gasteiger partial charge < -0.3 is 9.67 Å². The SMILES string of the molecule is CC(c1ccccc1)n1c(CO)cnc1SCc1cccc(C(F)(F)F)c1. The Morgan fingerprint density at radius 1 is 1.11 bits per heavy atom. The Hall–Kier alpha value is -2.25. The number of benzene rings is 2. The van der Waals surface area contributed by atoms with Gasteiger partial charge in [0.05, 0.1) is 30.1 Å². The average Bonchev–Trinajstić information content (AvgIpc) is 3.09. The topological polar surface area (TPSA) is 38.0 Å². The summed E-state index contributed by atoms with van der Waals surface area (Å²) in [6.45, 7) is 1.85. The predicted octanol–water partition coefficient (Wildman–Crippen LogP) is 5.30. The molecule has 1 heterocycles. The van der Waals surface area contributed by atoms with E-state index in [-0.39, 0.29) is 12.6 Å². The van der Waals surface area contributed by atoms with E-state index < -0.39 is 11.7 Å². The van der Waals surface area contributed by atoms with Crippen molar-refractivity contribution in [3.8, 4) is 0 Å². The Balaban J connectivity index is 1.83. The summed E-state index contributed by atoms with van der Waals surface area (Å²) in [4.78, 5) is 4.36. The summed E-state index contributed by atoms with van der Waals surface area (Å²) in [6, 6.07) is 15.1. The number of thioether (sulfide) groups is 1. The van der Waals surface area contributed by atoms with Gasteiger partial charge >= 0.3 is 6.18 Å². The highest BCUT2D eigenvalue weighted by molar-refractivity contribution is 7.98. The van der Waals surface area contributed by atoms with Crippen molar-refractivity contribution in [2.45, 2.75) is 36.7 Å². The minimum absolute atomic E-state index is 0.0557. The second-order valence-electron chi connectivity index (χ2n) is 6.13. The fraction of sp³-hybridized carbons (Fsp3) is 0.250.